The zero-order valence-corrected chi connectivity index (χ0v) is 11.3. The number of ether oxygens (including phenoxy) is 1. The second kappa shape index (κ2) is 4.46. The molecule has 1 aromatic carbocycles. The number of benzene rings is 1. The first kappa shape index (κ1) is 13.2. The maximum absolute atomic E-state index is 11.8. The molecule has 2 rings (SSSR count). The molecule has 0 heterocycles. The molecular formula is C13H11Cl2NO2. The van der Waals surface area contributed by atoms with Crippen LogP contribution in [-0.2, 0) is 16.1 Å². The van der Waals surface area contributed by atoms with Gasteiger partial charge in [-0.25, -0.2) is 0 Å². The summed E-state index contributed by atoms with van der Waals surface area (Å²) in [7, 11) is 0. The summed E-state index contributed by atoms with van der Waals surface area (Å²) in [6, 6.07) is 9.01. The summed E-state index contributed by atoms with van der Waals surface area (Å²) in [6.07, 6.45) is 0.391. The van der Waals surface area contributed by atoms with Crippen LogP contribution in [0, 0.1) is 16.7 Å². The number of carbonyl (C=O) groups is 1. The highest BCUT2D eigenvalue weighted by molar-refractivity contribution is 6.53. The van der Waals surface area contributed by atoms with E-state index in [1.807, 2.05) is 6.07 Å². The van der Waals surface area contributed by atoms with E-state index in [9.17, 15) is 4.79 Å². The van der Waals surface area contributed by atoms with Crippen LogP contribution in [0.5, 0.6) is 0 Å². The van der Waals surface area contributed by atoms with Crippen molar-refractivity contribution in [3.63, 3.8) is 0 Å². The van der Waals surface area contributed by atoms with Gasteiger partial charge in [0, 0.05) is 12.0 Å². The molecule has 0 bridgehead atoms. The molecule has 0 aliphatic heterocycles. The standard InChI is InChI=1S/C13H11Cl2NO2/c1-12(8-13(12,14)15)11(17)18-7-10-5-3-2-4-9(10)6-16/h2-5H,7-8H2,1H3. The molecule has 0 radical (unpaired) electrons. The van der Waals surface area contributed by atoms with Gasteiger partial charge in [0.15, 0.2) is 0 Å². The van der Waals surface area contributed by atoms with Crippen LogP contribution in [0.3, 0.4) is 0 Å². The Kier molecular flexibility index (Phi) is 3.27. The van der Waals surface area contributed by atoms with Crippen LogP contribution in [0.1, 0.15) is 24.5 Å². The van der Waals surface area contributed by atoms with Gasteiger partial charge < -0.3 is 4.74 Å². The highest BCUT2D eigenvalue weighted by Crippen LogP contribution is 2.64. The van der Waals surface area contributed by atoms with E-state index >= 15 is 0 Å². The smallest absolute Gasteiger partial charge is 0.315 e. The average Bonchev–Trinajstić information content (AvgIpc) is 2.87. The van der Waals surface area contributed by atoms with E-state index in [1.165, 1.54) is 0 Å². The van der Waals surface area contributed by atoms with Crippen LogP contribution in [-0.4, -0.2) is 10.3 Å². The van der Waals surface area contributed by atoms with Gasteiger partial charge in [0.05, 0.1) is 11.6 Å². The van der Waals surface area contributed by atoms with Gasteiger partial charge in [0.25, 0.3) is 0 Å². The van der Waals surface area contributed by atoms with Crippen LogP contribution in [0.25, 0.3) is 0 Å². The van der Waals surface area contributed by atoms with E-state index in [4.69, 9.17) is 33.2 Å². The summed E-state index contributed by atoms with van der Waals surface area (Å²) in [4.78, 5) is 11.8. The topological polar surface area (TPSA) is 50.1 Å². The summed E-state index contributed by atoms with van der Waals surface area (Å²) >= 11 is 11.8. The molecule has 1 unspecified atom stereocenters. The van der Waals surface area contributed by atoms with Gasteiger partial charge in [-0.15, -0.1) is 23.2 Å². The Bertz CT molecular complexity index is 536. The molecule has 1 aromatic rings. The molecule has 94 valence electrons. The quantitative estimate of drug-likeness (QED) is 0.632. The normalized spacial score (nSPS) is 24.1. The van der Waals surface area contributed by atoms with E-state index in [0.717, 1.165) is 0 Å². The van der Waals surface area contributed by atoms with Crippen molar-refractivity contribution in [1.29, 1.82) is 5.26 Å². The first-order valence-corrected chi connectivity index (χ1v) is 6.19. The number of hydrogen-bond acceptors (Lipinski definition) is 3. The summed E-state index contributed by atoms with van der Waals surface area (Å²) in [5.41, 5.74) is 0.333. The van der Waals surface area contributed by atoms with Crippen molar-refractivity contribution in [1.82, 2.24) is 0 Å². The number of esters is 1. The molecule has 18 heavy (non-hydrogen) atoms. The number of hydrogen-bond donors (Lipinski definition) is 0. The van der Waals surface area contributed by atoms with Crippen molar-refractivity contribution < 1.29 is 9.53 Å². The Hall–Kier alpha value is -1.24. The van der Waals surface area contributed by atoms with E-state index in [1.54, 1.807) is 31.2 Å². The lowest BCUT2D eigenvalue weighted by molar-refractivity contribution is -0.150. The zero-order chi connectivity index (χ0) is 13.4. The van der Waals surface area contributed by atoms with E-state index in [-0.39, 0.29) is 6.61 Å². The van der Waals surface area contributed by atoms with Crippen LogP contribution >= 0.6 is 23.2 Å². The minimum Gasteiger partial charge on any atom is -0.460 e. The summed E-state index contributed by atoms with van der Waals surface area (Å²) in [6.45, 7) is 1.73. The van der Waals surface area contributed by atoms with Crippen molar-refractivity contribution in [3.05, 3.63) is 35.4 Å². The predicted octanol–water partition coefficient (Wildman–Crippen LogP) is 3.19. The Balaban J connectivity index is 2.01. The van der Waals surface area contributed by atoms with Gasteiger partial charge in [-0.05, 0) is 13.0 Å². The molecule has 3 nitrogen and oxygen atoms in total. The van der Waals surface area contributed by atoms with Crippen molar-refractivity contribution in [3.8, 4) is 6.07 Å². The second-order valence-corrected chi connectivity index (χ2v) is 6.04. The van der Waals surface area contributed by atoms with Crippen LogP contribution < -0.4 is 0 Å². The van der Waals surface area contributed by atoms with Gasteiger partial charge >= 0.3 is 5.97 Å². The summed E-state index contributed by atoms with van der Waals surface area (Å²) < 4.78 is 4.15. The Morgan fingerprint density at radius 1 is 1.50 bits per heavy atom. The Labute approximate surface area is 115 Å². The molecule has 0 N–H and O–H groups in total. The summed E-state index contributed by atoms with van der Waals surface area (Å²) in [5, 5.41) is 8.91. The minimum atomic E-state index is -1.03. The van der Waals surface area contributed by atoms with Crippen molar-refractivity contribution in [2.45, 2.75) is 24.3 Å². The van der Waals surface area contributed by atoms with Crippen molar-refractivity contribution >= 4 is 29.2 Å². The van der Waals surface area contributed by atoms with Crippen LogP contribution in [0.2, 0.25) is 0 Å². The fraction of sp³-hybridized carbons (Fsp3) is 0.385. The average molecular weight is 284 g/mol. The monoisotopic (exact) mass is 283 g/mol. The highest BCUT2D eigenvalue weighted by Gasteiger charge is 2.69. The van der Waals surface area contributed by atoms with Crippen molar-refractivity contribution in [2.75, 3.05) is 0 Å². The number of carbonyl (C=O) groups excluding carboxylic acids is 1. The SMILES string of the molecule is CC1(C(=O)OCc2ccccc2C#N)CC1(Cl)Cl. The lowest BCUT2D eigenvalue weighted by Crippen LogP contribution is -2.21. The van der Waals surface area contributed by atoms with Gasteiger partial charge in [-0.3, -0.25) is 4.79 Å². The van der Waals surface area contributed by atoms with E-state index in [0.29, 0.717) is 17.5 Å². The summed E-state index contributed by atoms with van der Waals surface area (Å²) in [5.74, 6) is -0.430. The van der Waals surface area contributed by atoms with Gasteiger partial charge in [0.1, 0.15) is 16.4 Å². The molecular weight excluding hydrogens is 273 g/mol. The maximum atomic E-state index is 11.8. The molecule has 5 heteroatoms. The molecule has 1 fully saturated rings. The first-order chi connectivity index (χ1) is 8.40. The van der Waals surface area contributed by atoms with Crippen molar-refractivity contribution in [2.24, 2.45) is 5.41 Å². The molecule has 1 aliphatic carbocycles. The number of halogens is 2. The lowest BCUT2D eigenvalue weighted by Gasteiger charge is -2.12. The highest BCUT2D eigenvalue weighted by atomic mass is 35.5. The van der Waals surface area contributed by atoms with E-state index in [2.05, 4.69) is 0 Å². The largest absolute Gasteiger partial charge is 0.460 e. The number of rotatable bonds is 3. The van der Waals surface area contributed by atoms with E-state index < -0.39 is 15.7 Å². The Morgan fingerprint density at radius 3 is 2.67 bits per heavy atom. The fourth-order valence-electron chi connectivity index (χ4n) is 1.68. The van der Waals surface area contributed by atoms with Crippen LogP contribution in [0.4, 0.5) is 0 Å². The molecule has 0 amide bonds. The third kappa shape index (κ3) is 2.19. The number of nitrogens with zero attached hydrogens (tertiary/aromatic N) is 1. The van der Waals surface area contributed by atoms with Crippen LogP contribution in [0.15, 0.2) is 24.3 Å². The first-order valence-electron chi connectivity index (χ1n) is 5.44. The minimum absolute atomic E-state index is 0.0576. The predicted molar refractivity (Wildman–Crippen MR) is 68.1 cm³/mol. The lowest BCUT2D eigenvalue weighted by atomic mass is 10.1. The molecule has 1 saturated carbocycles. The van der Waals surface area contributed by atoms with Gasteiger partial charge in [0.2, 0.25) is 0 Å². The third-order valence-electron chi connectivity index (χ3n) is 3.20. The molecule has 1 atom stereocenters. The third-order valence-corrected chi connectivity index (χ3v) is 4.31. The van der Waals surface area contributed by atoms with Gasteiger partial charge in [-0.1, -0.05) is 18.2 Å². The fourth-order valence-corrected chi connectivity index (χ4v) is 2.37. The Morgan fingerprint density at radius 2 is 2.11 bits per heavy atom. The molecule has 0 aromatic heterocycles. The number of nitriles is 1. The van der Waals surface area contributed by atoms with Gasteiger partial charge in [-0.2, -0.15) is 5.26 Å². The molecule has 0 saturated heterocycles. The second-order valence-electron chi connectivity index (χ2n) is 4.56. The zero-order valence-electron chi connectivity index (χ0n) is 9.74. The molecule has 0 spiro atoms. The molecule has 1 aliphatic rings. The maximum Gasteiger partial charge on any atom is 0.315 e. The number of alkyl halides is 2.